The molecule has 0 aliphatic carbocycles. The van der Waals surface area contributed by atoms with Gasteiger partial charge in [0.25, 0.3) is 0 Å². The number of hydrogen-bond donors (Lipinski definition) is 0. The lowest BCUT2D eigenvalue weighted by Gasteiger charge is -2.15. The minimum atomic E-state index is 0.626. The Morgan fingerprint density at radius 3 is 2.59 bits per heavy atom. The van der Waals surface area contributed by atoms with E-state index in [0.29, 0.717) is 5.92 Å². The fourth-order valence-electron chi connectivity index (χ4n) is 3.08. The number of fused-ring (bicyclic) bond motifs is 1. The monoisotopic (exact) mass is 290 g/mol. The summed E-state index contributed by atoms with van der Waals surface area (Å²) in [5.41, 5.74) is 5.90. The first-order valence-electron chi connectivity index (χ1n) is 8.04. The zero-order chi connectivity index (χ0) is 15.5. The van der Waals surface area contributed by atoms with Crippen LogP contribution in [-0.4, -0.2) is 9.97 Å². The molecule has 0 atom stereocenters. The normalized spacial score (nSPS) is 11.3. The van der Waals surface area contributed by atoms with Gasteiger partial charge in [-0.05, 0) is 55.5 Å². The molecule has 0 saturated heterocycles. The molecule has 2 heteroatoms. The van der Waals surface area contributed by atoms with Crippen LogP contribution in [0.15, 0.2) is 48.8 Å². The predicted molar refractivity (Wildman–Crippen MR) is 93.0 cm³/mol. The molecule has 0 amide bonds. The first-order valence-corrected chi connectivity index (χ1v) is 8.04. The average molecular weight is 290 g/mol. The second-order valence-corrected chi connectivity index (χ2v) is 5.91. The molecule has 1 aromatic carbocycles. The summed E-state index contributed by atoms with van der Waals surface area (Å²) < 4.78 is 0. The van der Waals surface area contributed by atoms with Crippen LogP contribution in [-0.2, 0) is 0 Å². The van der Waals surface area contributed by atoms with Crippen LogP contribution < -0.4 is 0 Å². The summed E-state index contributed by atoms with van der Waals surface area (Å²) in [5, 5.41) is 1.13. The molecule has 0 spiro atoms. The molecule has 2 nitrogen and oxygen atoms in total. The predicted octanol–water partition coefficient (Wildman–Crippen LogP) is 5.51. The lowest BCUT2D eigenvalue weighted by molar-refractivity contribution is 0.641. The Labute approximate surface area is 132 Å². The Morgan fingerprint density at radius 1 is 1.00 bits per heavy atom. The van der Waals surface area contributed by atoms with E-state index in [0.717, 1.165) is 16.6 Å². The lowest BCUT2D eigenvalue weighted by atomic mass is 9.90. The van der Waals surface area contributed by atoms with Gasteiger partial charge in [-0.1, -0.05) is 31.5 Å². The standard InChI is InChI=1S/C20H22N2/c1-4-15(5-2)17-10-14(3)11-18(12-17)19-7-6-16-8-9-21-13-20(16)22-19/h6-13,15H,4-5H2,1-3H3. The molecule has 0 unspecified atom stereocenters. The van der Waals surface area contributed by atoms with Crippen molar-refractivity contribution >= 4 is 10.9 Å². The molecule has 22 heavy (non-hydrogen) atoms. The second kappa shape index (κ2) is 6.27. The first kappa shape index (κ1) is 14.7. The smallest absolute Gasteiger partial charge is 0.0892 e. The molecule has 3 rings (SSSR count). The van der Waals surface area contributed by atoms with Gasteiger partial charge in [-0.15, -0.1) is 0 Å². The summed E-state index contributed by atoms with van der Waals surface area (Å²) in [7, 11) is 0. The van der Waals surface area contributed by atoms with Crippen LogP contribution in [0.5, 0.6) is 0 Å². The Hall–Kier alpha value is -2.22. The number of nitrogens with zero attached hydrogens (tertiary/aromatic N) is 2. The Kier molecular flexibility index (Phi) is 4.19. The van der Waals surface area contributed by atoms with Crippen LogP contribution in [0.25, 0.3) is 22.2 Å². The average Bonchev–Trinajstić information content (AvgIpc) is 2.55. The molecule has 0 N–H and O–H groups in total. The van der Waals surface area contributed by atoms with Gasteiger partial charge in [0.2, 0.25) is 0 Å². The molecule has 2 heterocycles. The van der Waals surface area contributed by atoms with Gasteiger partial charge in [0.1, 0.15) is 0 Å². The van der Waals surface area contributed by atoms with Crippen molar-refractivity contribution in [2.45, 2.75) is 39.5 Å². The molecule has 0 aliphatic heterocycles. The summed E-state index contributed by atoms with van der Waals surface area (Å²) in [6, 6.07) is 13.1. The van der Waals surface area contributed by atoms with Crippen molar-refractivity contribution in [1.82, 2.24) is 9.97 Å². The fraction of sp³-hybridized carbons (Fsp3) is 0.300. The number of rotatable bonds is 4. The summed E-state index contributed by atoms with van der Waals surface area (Å²) in [6.45, 7) is 6.68. The van der Waals surface area contributed by atoms with Crippen molar-refractivity contribution in [3.05, 3.63) is 59.9 Å². The van der Waals surface area contributed by atoms with E-state index in [1.165, 1.54) is 29.5 Å². The maximum Gasteiger partial charge on any atom is 0.0892 e. The second-order valence-electron chi connectivity index (χ2n) is 5.91. The highest BCUT2D eigenvalue weighted by Crippen LogP contribution is 2.29. The number of pyridine rings is 2. The van der Waals surface area contributed by atoms with Gasteiger partial charge in [-0.2, -0.15) is 0 Å². The summed E-state index contributed by atoms with van der Waals surface area (Å²) >= 11 is 0. The highest BCUT2D eigenvalue weighted by atomic mass is 14.7. The van der Waals surface area contributed by atoms with Crippen molar-refractivity contribution in [2.24, 2.45) is 0 Å². The van der Waals surface area contributed by atoms with Crippen LogP contribution in [0.2, 0.25) is 0 Å². The van der Waals surface area contributed by atoms with E-state index in [4.69, 9.17) is 4.98 Å². The number of benzene rings is 1. The maximum absolute atomic E-state index is 4.78. The van der Waals surface area contributed by atoms with Gasteiger partial charge < -0.3 is 0 Å². The van der Waals surface area contributed by atoms with Crippen molar-refractivity contribution < 1.29 is 0 Å². The van der Waals surface area contributed by atoms with Crippen LogP contribution in [0, 0.1) is 6.92 Å². The molecule has 0 saturated carbocycles. The highest BCUT2D eigenvalue weighted by molar-refractivity contribution is 5.80. The molecule has 0 fully saturated rings. The van der Waals surface area contributed by atoms with Crippen molar-refractivity contribution in [1.29, 1.82) is 0 Å². The SMILES string of the molecule is CCC(CC)c1cc(C)cc(-c2ccc3ccncc3n2)c1. The molecule has 3 aromatic rings. The number of aryl methyl sites for hydroxylation is 1. The van der Waals surface area contributed by atoms with Gasteiger partial charge in [-0.3, -0.25) is 4.98 Å². The fourth-order valence-corrected chi connectivity index (χ4v) is 3.08. The van der Waals surface area contributed by atoms with Crippen molar-refractivity contribution in [3.63, 3.8) is 0 Å². The van der Waals surface area contributed by atoms with E-state index in [-0.39, 0.29) is 0 Å². The first-order chi connectivity index (χ1) is 10.7. The number of hydrogen-bond acceptors (Lipinski definition) is 2. The Morgan fingerprint density at radius 2 is 1.82 bits per heavy atom. The van der Waals surface area contributed by atoms with Crippen LogP contribution in [0.4, 0.5) is 0 Å². The third-order valence-electron chi connectivity index (χ3n) is 4.35. The molecule has 0 radical (unpaired) electrons. The van der Waals surface area contributed by atoms with E-state index < -0.39 is 0 Å². The summed E-state index contributed by atoms with van der Waals surface area (Å²) in [4.78, 5) is 8.95. The van der Waals surface area contributed by atoms with Crippen molar-refractivity contribution in [2.75, 3.05) is 0 Å². The van der Waals surface area contributed by atoms with Gasteiger partial charge in [0.15, 0.2) is 0 Å². The third kappa shape index (κ3) is 2.87. The van der Waals surface area contributed by atoms with Crippen LogP contribution >= 0.6 is 0 Å². The Bertz CT molecular complexity index is 789. The zero-order valence-corrected chi connectivity index (χ0v) is 13.5. The number of aromatic nitrogens is 2. The molecule has 2 aromatic heterocycles. The van der Waals surface area contributed by atoms with E-state index in [1.807, 2.05) is 18.5 Å². The summed E-state index contributed by atoms with van der Waals surface area (Å²) in [5.74, 6) is 0.626. The minimum absolute atomic E-state index is 0.626. The molecule has 0 bridgehead atoms. The van der Waals surface area contributed by atoms with Gasteiger partial charge in [0.05, 0.1) is 17.4 Å². The summed E-state index contributed by atoms with van der Waals surface area (Å²) in [6.07, 6.45) is 5.99. The van der Waals surface area contributed by atoms with Gasteiger partial charge in [0, 0.05) is 17.1 Å². The minimum Gasteiger partial charge on any atom is -0.262 e. The third-order valence-corrected chi connectivity index (χ3v) is 4.35. The molecular formula is C20H22N2. The van der Waals surface area contributed by atoms with Crippen molar-refractivity contribution in [3.8, 4) is 11.3 Å². The molecular weight excluding hydrogens is 268 g/mol. The zero-order valence-electron chi connectivity index (χ0n) is 13.5. The highest BCUT2D eigenvalue weighted by Gasteiger charge is 2.10. The topological polar surface area (TPSA) is 25.8 Å². The van der Waals surface area contributed by atoms with Gasteiger partial charge in [-0.25, -0.2) is 4.98 Å². The molecule has 112 valence electrons. The van der Waals surface area contributed by atoms with E-state index in [9.17, 15) is 0 Å². The van der Waals surface area contributed by atoms with Crippen LogP contribution in [0.1, 0.15) is 43.7 Å². The largest absolute Gasteiger partial charge is 0.262 e. The van der Waals surface area contributed by atoms with E-state index in [1.54, 1.807) is 0 Å². The van der Waals surface area contributed by atoms with Gasteiger partial charge >= 0.3 is 0 Å². The van der Waals surface area contributed by atoms with Crippen LogP contribution in [0.3, 0.4) is 0 Å². The quantitative estimate of drug-likeness (QED) is 0.633. The molecule has 0 aliphatic rings. The Balaban J connectivity index is 2.09. The van der Waals surface area contributed by atoms with E-state index in [2.05, 4.69) is 56.1 Å². The lowest BCUT2D eigenvalue weighted by Crippen LogP contribution is -1.97. The van der Waals surface area contributed by atoms with E-state index >= 15 is 0 Å². The maximum atomic E-state index is 4.78.